The summed E-state index contributed by atoms with van der Waals surface area (Å²) >= 11 is 0. The SMILES string of the molecule is CC#CCOc1nnc(-c2ccccc2Nc2ccc(C(F)(F)F)cc2)o1. The van der Waals surface area contributed by atoms with Gasteiger partial charge in [0.2, 0.25) is 0 Å². The number of ether oxygens (including phenoxy) is 1. The number of para-hydroxylation sites is 1. The van der Waals surface area contributed by atoms with Crippen molar-refractivity contribution >= 4 is 11.4 Å². The molecule has 0 spiro atoms. The fourth-order valence-corrected chi connectivity index (χ4v) is 2.22. The van der Waals surface area contributed by atoms with Crippen molar-refractivity contribution in [2.45, 2.75) is 13.1 Å². The molecule has 0 aliphatic carbocycles. The number of aromatic nitrogens is 2. The van der Waals surface area contributed by atoms with Crippen LogP contribution in [0.15, 0.2) is 52.9 Å². The van der Waals surface area contributed by atoms with Gasteiger partial charge in [0.05, 0.1) is 16.8 Å². The van der Waals surface area contributed by atoms with Crippen molar-refractivity contribution in [3.8, 4) is 29.4 Å². The number of anilines is 2. The lowest BCUT2D eigenvalue weighted by Gasteiger charge is -2.11. The van der Waals surface area contributed by atoms with Crippen LogP contribution >= 0.6 is 0 Å². The molecule has 0 aliphatic heterocycles. The standard InChI is InChI=1S/C19H14F3N3O2/c1-2-3-12-26-18-25-24-17(27-18)15-6-4-5-7-16(15)23-14-10-8-13(9-11-14)19(20,21)22/h4-11,23H,12H2,1H3. The van der Waals surface area contributed by atoms with Crippen LogP contribution in [0.5, 0.6) is 6.08 Å². The van der Waals surface area contributed by atoms with E-state index in [1.807, 2.05) is 0 Å². The molecular formula is C19H14F3N3O2. The van der Waals surface area contributed by atoms with Crippen LogP contribution in [0.4, 0.5) is 24.5 Å². The fraction of sp³-hybridized carbons (Fsp3) is 0.158. The Hall–Kier alpha value is -3.47. The summed E-state index contributed by atoms with van der Waals surface area (Å²) in [5.41, 5.74) is 0.960. The largest absolute Gasteiger partial charge is 0.436 e. The number of hydrogen-bond donors (Lipinski definition) is 1. The third-order valence-corrected chi connectivity index (χ3v) is 3.50. The van der Waals surface area contributed by atoms with Crippen LogP contribution in [0.25, 0.3) is 11.5 Å². The summed E-state index contributed by atoms with van der Waals surface area (Å²) in [5.74, 6) is 5.61. The molecule has 0 saturated carbocycles. The monoisotopic (exact) mass is 373 g/mol. The summed E-state index contributed by atoms with van der Waals surface area (Å²) in [6.07, 6.45) is -4.39. The fourth-order valence-electron chi connectivity index (χ4n) is 2.22. The Bertz CT molecular complexity index is 970. The van der Waals surface area contributed by atoms with Crippen molar-refractivity contribution in [1.29, 1.82) is 0 Å². The lowest BCUT2D eigenvalue weighted by atomic mass is 10.1. The molecule has 1 aromatic heterocycles. The maximum absolute atomic E-state index is 12.7. The molecule has 0 bridgehead atoms. The number of hydrogen-bond acceptors (Lipinski definition) is 5. The third kappa shape index (κ3) is 4.58. The van der Waals surface area contributed by atoms with E-state index in [9.17, 15) is 13.2 Å². The van der Waals surface area contributed by atoms with Crippen LogP contribution in [-0.4, -0.2) is 16.8 Å². The Morgan fingerprint density at radius 2 is 1.81 bits per heavy atom. The number of alkyl halides is 3. The highest BCUT2D eigenvalue weighted by molar-refractivity contribution is 5.76. The van der Waals surface area contributed by atoms with Crippen molar-refractivity contribution in [3.05, 3.63) is 54.1 Å². The minimum Gasteiger partial charge on any atom is -0.436 e. The zero-order chi connectivity index (χ0) is 19.3. The van der Waals surface area contributed by atoms with E-state index in [0.29, 0.717) is 16.9 Å². The molecule has 0 unspecified atom stereocenters. The van der Waals surface area contributed by atoms with Crippen molar-refractivity contribution in [2.24, 2.45) is 0 Å². The quantitative estimate of drug-likeness (QED) is 0.645. The molecule has 8 heteroatoms. The molecule has 0 atom stereocenters. The van der Waals surface area contributed by atoms with Gasteiger partial charge in [-0.2, -0.15) is 13.2 Å². The van der Waals surface area contributed by atoms with Crippen molar-refractivity contribution in [1.82, 2.24) is 10.2 Å². The molecule has 3 aromatic rings. The van der Waals surface area contributed by atoms with Crippen molar-refractivity contribution in [3.63, 3.8) is 0 Å². The average molecular weight is 373 g/mol. The van der Waals surface area contributed by atoms with E-state index in [1.54, 1.807) is 31.2 Å². The Morgan fingerprint density at radius 1 is 1.07 bits per heavy atom. The highest BCUT2D eigenvalue weighted by Crippen LogP contribution is 2.33. The van der Waals surface area contributed by atoms with E-state index >= 15 is 0 Å². The van der Waals surface area contributed by atoms with E-state index in [1.165, 1.54) is 12.1 Å². The number of nitrogens with one attached hydrogen (secondary N) is 1. The van der Waals surface area contributed by atoms with Crippen LogP contribution < -0.4 is 10.1 Å². The van der Waals surface area contributed by atoms with Gasteiger partial charge in [0.1, 0.15) is 0 Å². The Balaban J connectivity index is 1.81. The van der Waals surface area contributed by atoms with Crippen molar-refractivity contribution < 1.29 is 22.3 Å². The highest BCUT2D eigenvalue weighted by atomic mass is 19.4. The Labute approximate surface area is 153 Å². The average Bonchev–Trinajstić information content (AvgIpc) is 3.11. The molecule has 5 nitrogen and oxygen atoms in total. The minimum absolute atomic E-state index is 0.0166. The predicted octanol–water partition coefficient (Wildman–Crippen LogP) is 4.90. The highest BCUT2D eigenvalue weighted by Gasteiger charge is 2.29. The first-order valence-corrected chi connectivity index (χ1v) is 7.87. The van der Waals surface area contributed by atoms with Crippen molar-refractivity contribution in [2.75, 3.05) is 11.9 Å². The first-order valence-electron chi connectivity index (χ1n) is 7.87. The number of rotatable bonds is 5. The second-order valence-corrected chi connectivity index (χ2v) is 5.33. The summed E-state index contributed by atoms with van der Waals surface area (Å²) < 4.78 is 48.7. The van der Waals surface area contributed by atoms with Gasteiger partial charge < -0.3 is 14.5 Å². The van der Waals surface area contributed by atoms with E-state index in [2.05, 4.69) is 27.4 Å². The molecule has 0 saturated heterocycles. The van der Waals surface area contributed by atoms with Crippen LogP contribution in [0, 0.1) is 11.8 Å². The molecule has 3 rings (SSSR count). The first-order chi connectivity index (χ1) is 13.0. The van der Waals surface area contributed by atoms with Gasteiger partial charge in [0.15, 0.2) is 6.61 Å². The van der Waals surface area contributed by atoms with Gasteiger partial charge >= 0.3 is 12.3 Å². The number of halogens is 3. The topological polar surface area (TPSA) is 60.2 Å². The lowest BCUT2D eigenvalue weighted by molar-refractivity contribution is -0.137. The molecule has 0 aliphatic rings. The molecule has 0 fully saturated rings. The van der Waals surface area contributed by atoms with Gasteiger partial charge in [0, 0.05) is 5.69 Å². The zero-order valence-electron chi connectivity index (χ0n) is 14.2. The smallest absolute Gasteiger partial charge is 0.416 e. The molecule has 1 heterocycles. The summed E-state index contributed by atoms with van der Waals surface area (Å²) in [7, 11) is 0. The molecule has 138 valence electrons. The first kappa shape index (κ1) is 18.3. The summed E-state index contributed by atoms with van der Waals surface area (Å²) in [5, 5.41) is 10.8. The third-order valence-electron chi connectivity index (χ3n) is 3.50. The van der Waals surface area contributed by atoms with E-state index in [-0.39, 0.29) is 18.6 Å². The Morgan fingerprint density at radius 3 is 2.52 bits per heavy atom. The molecule has 0 radical (unpaired) electrons. The van der Waals surface area contributed by atoms with Gasteiger partial charge in [-0.05, 0) is 43.3 Å². The van der Waals surface area contributed by atoms with Gasteiger partial charge in [-0.25, -0.2) is 0 Å². The van der Waals surface area contributed by atoms with Gasteiger partial charge in [-0.3, -0.25) is 0 Å². The normalized spacial score (nSPS) is 10.8. The van der Waals surface area contributed by atoms with Gasteiger partial charge in [-0.1, -0.05) is 23.2 Å². The minimum atomic E-state index is -4.38. The van der Waals surface area contributed by atoms with Gasteiger partial charge in [0.25, 0.3) is 5.89 Å². The van der Waals surface area contributed by atoms with E-state index in [4.69, 9.17) is 9.15 Å². The number of benzene rings is 2. The van der Waals surface area contributed by atoms with Crippen LogP contribution in [-0.2, 0) is 6.18 Å². The molecule has 27 heavy (non-hydrogen) atoms. The van der Waals surface area contributed by atoms with Crippen LogP contribution in [0.2, 0.25) is 0 Å². The molecule has 0 amide bonds. The summed E-state index contributed by atoms with van der Waals surface area (Å²) in [4.78, 5) is 0. The van der Waals surface area contributed by atoms with E-state index < -0.39 is 11.7 Å². The van der Waals surface area contributed by atoms with Gasteiger partial charge in [-0.15, -0.1) is 11.0 Å². The summed E-state index contributed by atoms with van der Waals surface area (Å²) in [6.45, 7) is 1.81. The molecular weight excluding hydrogens is 359 g/mol. The maximum Gasteiger partial charge on any atom is 0.416 e. The number of nitrogens with zero attached hydrogens (tertiary/aromatic N) is 2. The van der Waals surface area contributed by atoms with Crippen LogP contribution in [0.1, 0.15) is 12.5 Å². The van der Waals surface area contributed by atoms with Crippen LogP contribution in [0.3, 0.4) is 0 Å². The second kappa shape index (κ2) is 7.83. The van der Waals surface area contributed by atoms with E-state index in [0.717, 1.165) is 12.1 Å². The zero-order valence-corrected chi connectivity index (χ0v) is 14.2. The summed E-state index contributed by atoms with van der Waals surface area (Å²) in [6, 6.07) is 11.8. The maximum atomic E-state index is 12.7. The lowest BCUT2D eigenvalue weighted by Crippen LogP contribution is -2.04. The Kier molecular flexibility index (Phi) is 5.31. The second-order valence-electron chi connectivity index (χ2n) is 5.33. The predicted molar refractivity (Wildman–Crippen MR) is 93.4 cm³/mol. The molecule has 1 N–H and O–H groups in total. The molecule has 2 aromatic carbocycles.